The average Bonchev–Trinajstić information content (AvgIpc) is 2.61. The molecule has 1 aliphatic rings. The van der Waals surface area contributed by atoms with E-state index in [0.29, 0.717) is 10.7 Å². The third-order valence-electron chi connectivity index (χ3n) is 3.48. The van der Waals surface area contributed by atoms with Crippen LogP contribution >= 0.6 is 15.9 Å². The Kier molecular flexibility index (Phi) is 4.45. The van der Waals surface area contributed by atoms with Crippen molar-refractivity contribution in [3.05, 3.63) is 18.2 Å². The van der Waals surface area contributed by atoms with Gasteiger partial charge in [-0.05, 0) is 19.3 Å². The second-order valence-corrected chi connectivity index (χ2v) is 5.92. The number of aromatic nitrogens is 2. The van der Waals surface area contributed by atoms with Crippen LogP contribution in [0.4, 0.5) is 0 Å². The fraction of sp³-hybridized carbons (Fsp3) is 0.769. The molecule has 0 radical (unpaired) electrons. The van der Waals surface area contributed by atoms with E-state index in [1.807, 2.05) is 6.20 Å². The molecule has 2 rings (SSSR count). The molecule has 3 heteroatoms. The Morgan fingerprint density at radius 3 is 3.00 bits per heavy atom. The van der Waals surface area contributed by atoms with Crippen LogP contribution in [-0.2, 0) is 6.54 Å². The van der Waals surface area contributed by atoms with Gasteiger partial charge >= 0.3 is 0 Å². The fourth-order valence-corrected chi connectivity index (χ4v) is 3.46. The van der Waals surface area contributed by atoms with Crippen molar-refractivity contribution in [1.29, 1.82) is 0 Å². The van der Waals surface area contributed by atoms with Gasteiger partial charge in [0.25, 0.3) is 0 Å². The van der Waals surface area contributed by atoms with E-state index in [1.54, 1.807) is 0 Å². The number of nitrogens with zero attached hydrogens (tertiary/aromatic N) is 2. The largest absolute Gasteiger partial charge is 0.335 e. The average molecular weight is 285 g/mol. The third-order valence-corrected chi connectivity index (χ3v) is 4.57. The van der Waals surface area contributed by atoms with Crippen LogP contribution in [-0.4, -0.2) is 14.4 Å². The van der Waals surface area contributed by atoms with Crippen LogP contribution in [0, 0.1) is 0 Å². The summed E-state index contributed by atoms with van der Waals surface area (Å²) in [4.78, 5) is 5.20. The molecule has 0 bridgehead atoms. The molecule has 0 spiro atoms. The van der Waals surface area contributed by atoms with Gasteiger partial charge in [0.15, 0.2) is 0 Å². The summed E-state index contributed by atoms with van der Waals surface area (Å²) in [6.45, 7) is 3.33. The van der Waals surface area contributed by atoms with Crippen LogP contribution in [0.3, 0.4) is 0 Å². The maximum absolute atomic E-state index is 4.58. The topological polar surface area (TPSA) is 17.8 Å². The molecule has 2 nitrogen and oxygen atoms in total. The molecule has 0 aliphatic heterocycles. The minimum absolute atomic E-state index is 0.615. The van der Waals surface area contributed by atoms with Crippen LogP contribution < -0.4 is 0 Å². The molecule has 2 unspecified atom stereocenters. The monoisotopic (exact) mass is 284 g/mol. The molecule has 1 aromatic rings. The first-order valence-electron chi connectivity index (χ1n) is 6.48. The van der Waals surface area contributed by atoms with E-state index in [9.17, 15) is 0 Å². The molecule has 1 saturated carbocycles. The first kappa shape index (κ1) is 12.2. The maximum Gasteiger partial charge on any atom is 0.112 e. The summed E-state index contributed by atoms with van der Waals surface area (Å²) in [5, 5.41) is 0. The van der Waals surface area contributed by atoms with Gasteiger partial charge < -0.3 is 4.57 Å². The van der Waals surface area contributed by atoms with Crippen LogP contribution in [0.2, 0.25) is 0 Å². The fourth-order valence-electron chi connectivity index (χ4n) is 2.63. The van der Waals surface area contributed by atoms with E-state index < -0.39 is 0 Å². The van der Waals surface area contributed by atoms with E-state index in [4.69, 9.17) is 0 Å². The summed E-state index contributed by atoms with van der Waals surface area (Å²) in [7, 11) is 0. The van der Waals surface area contributed by atoms with Gasteiger partial charge in [-0.15, -0.1) is 0 Å². The highest BCUT2D eigenvalue weighted by atomic mass is 79.9. The van der Waals surface area contributed by atoms with Crippen LogP contribution in [0.5, 0.6) is 0 Å². The molecule has 1 heterocycles. The standard InChI is InChI=1S/C13H21BrN2/c1-2-9-16-10-8-15-13(16)11-6-4-3-5-7-12(11)14/h8,10-12H,2-7,9H2,1H3. The molecule has 1 aliphatic carbocycles. The predicted octanol–water partition coefficient (Wildman–Crippen LogP) is 4.10. The summed E-state index contributed by atoms with van der Waals surface area (Å²) < 4.78 is 2.34. The first-order chi connectivity index (χ1) is 7.83. The van der Waals surface area contributed by atoms with E-state index >= 15 is 0 Å². The number of aryl methyl sites for hydroxylation is 1. The zero-order valence-corrected chi connectivity index (χ0v) is 11.6. The highest BCUT2D eigenvalue weighted by Crippen LogP contribution is 2.35. The van der Waals surface area contributed by atoms with Crippen molar-refractivity contribution >= 4 is 15.9 Å². The van der Waals surface area contributed by atoms with Gasteiger partial charge in [-0.2, -0.15) is 0 Å². The molecule has 2 atom stereocenters. The van der Waals surface area contributed by atoms with Crippen LogP contribution in [0.1, 0.15) is 57.2 Å². The molecular formula is C13H21BrN2. The lowest BCUT2D eigenvalue weighted by Crippen LogP contribution is -2.16. The molecule has 90 valence electrons. The molecule has 1 aromatic heterocycles. The summed E-state index contributed by atoms with van der Waals surface area (Å²) in [5.41, 5.74) is 0. The predicted molar refractivity (Wildman–Crippen MR) is 71.1 cm³/mol. The van der Waals surface area contributed by atoms with E-state index in [0.717, 1.165) is 6.54 Å². The zero-order chi connectivity index (χ0) is 11.4. The van der Waals surface area contributed by atoms with E-state index in [1.165, 1.54) is 44.3 Å². The number of hydrogen-bond acceptors (Lipinski definition) is 1. The summed E-state index contributed by atoms with van der Waals surface area (Å²) in [5.74, 6) is 1.91. The van der Waals surface area contributed by atoms with Crippen LogP contribution in [0.15, 0.2) is 12.4 Å². The lowest BCUT2D eigenvalue weighted by molar-refractivity contribution is 0.529. The number of rotatable bonds is 3. The Labute approximate surface area is 107 Å². The summed E-state index contributed by atoms with van der Waals surface area (Å²) in [6, 6.07) is 0. The first-order valence-corrected chi connectivity index (χ1v) is 7.39. The van der Waals surface area contributed by atoms with E-state index in [2.05, 4.69) is 38.6 Å². The smallest absolute Gasteiger partial charge is 0.112 e. The normalized spacial score (nSPS) is 26.6. The molecular weight excluding hydrogens is 264 g/mol. The van der Waals surface area contributed by atoms with Crippen molar-refractivity contribution in [3.63, 3.8) is 0 Å². The molecule has 0 N–H and O–H groups in total. The summed E-state index contributed by atoms with van der Waals surface area (Å²) in [6.07, 6.45) is 11.9. The number of halogens is 1. The molecule has 16 heavy (non-hydrogen) atoms. The van der Waals surface area contributed by atoms with Gasteiger partial charge in [0, 0.05) is 29.7 Å². The second kappa shape index (κ2) is 5.85. The minimum Gasteiger partial charge on any atom is -0.335 e. The molecule has 0 amide bonds. The van der Waals surface area contributed by atoms with Gasteiger partial charge in [0.05, 0.1) is 0 Å². The van der Waals surface area contributed by atoms with Gasteiger partial charge in [-0.1, -0.05) is 42.1 Å². The maximum atomic E-state index is 4.58. The highest BCUT2D eigenvalue weighted by molar-refractivity contribution is 9.09. The Hall–Kier alpha value is -0.310. The third kappa shape index (κ3) is 2.68. The van der Waals surface area contributed by atoms with Gasteiger partial charge in [0.1, 0.15) is 5.82 Å². The Balaban J connectivity index is 2.16. The zero-order valence-electron chi connectivity index (χ0n) is 10.0. The Morgan fingerprint density at radius 2 is 2.19 bits per heavy atom. The van der Waals surface area contributed by atoms with Crippen molar-refractivity contribution in [1.82, 2.24) is 9.55 Å². The van der Waals surface area contributed by atoms with Crippen molar-refractivity contribution in [3.8, 4) is 0 Å². The number of alkyl halides is 1. The number of imidazole rings is 1. The second-order valence-electron chi connectivity index (χ2n) is 4.74. The molecule has 0 saturated heterocycles. The molecule has 1 fully saturated rings. The lowest BCUT2D eigenvalue weighted by atomic mass is 9.99. The highest BCUT2D eigenvalue weighted by Gasteiger charge is 2.26. The molecule has 0 aromatic carbocycles. The van der Waals surface area contributed by atoms with Crippen molar-refractivity contribution in [2.45, 2.75) is 62.7 Å². The van der Waals surface area contributed by atoms with E-state index in [-0.39, 0.29) is 0 Å². The van der Waals surface area contributed by atoms with Crippen molar-refractivity contribution < 1.29 is 0 Å². The van der Waals surface area contributed by atoms with Crippen molar-refractivity contribution in [2.24, 2.45) is 0 Å². The van der Waals surface area contributed by atoms with Crippen molar-refractivity contribution in [2.75, 3.05) is 0 Å². The SMILES string of the molecule is CCCn1ccnc1C1CCCCCC1Br. The lowest BCUT2D eigenvalue weighted by Gasteiger charge is -2.20. The summed E-state index contributed by atoms with van der Waals surface area (Å²) >= 11 is 3.86. The van der Waals surface area contributed by atoms with Gasteiger partial charge in [-0.3, -0.25) is 0 Å². The number of hydrogen-bond donors (Lipinski definition) is 0. The van der Waals surface area contributed by atoms with Gasteiger partial charge in [0.2, 0.25) is 0 Å². The Bertz CT molecular complexity index is 321. The van der Waals surface area contributed by atoms with Gasteiger partial charge in [-0.25, -0.2) is 4.98 Å². The van der Waals surface area contributed by atoms with Crippen LogP contribution in [0.25, 0.3) is 0 Å². The minimum atomic E-state index is 0.615. The quantitative estimate of drug-likeness (QED) is 0.604. The Morgan fingerprint density at radius 1 is 1.38 bits per heavy atom.